The number of aromatic nitrogens is 4. The van der Waals surface area contributed by atoms with Crippen LogP contribution in [0.5, 0.6) is 0 Å². The minimum Gasteiger partial charge on any atom is -0.313 e. The number of imidazole rings is 1. The van der Waals surface area contributed by atoms with Gasteiger partial charge in [-0.3, -0.25) is 14.8 Å². The van der Waals surface area contributed by atoms with Crippen molar-refractivity contribution < 1.29 is 4.79 Å². The first kappa shape index (κ1) is 13.4. The summed E-state index contributed by atoms with van der Waals surface area (Å²) in [5, 5.41) is 7.14. The molecule has 1 N–H and O–H groups in total. The number of rotatable bonds is 3. The molecule has 1 aromatic carbocycles. The summed E-state index contributed by atoms with van der Waals surface area (Å²) in [7, 11) is 1.88. The van der Waals surface area contributed by atoms with Crippen LogP contribution in [0.3, 0.4) is 0 Å². The van der Waals surface area contributed by atoms with Gasteiger partial charge >= 0.3 is 0 Å². The smallest absolute Gasteiger partial charge is 0.261 e. The number of carbonyl (C=O) groups is 1. The Hall–Kier alpha value is -2.63. The number of nitrogens with one attached hydrogen (secondary N) is 1. The van der Waals surface area contributed by atoms with Crippen molar-refractivity contribution in [2.24, 2.45) is 7.05 Å². The van der Waals surface area contributed by atoms with E-state index in [1.807, 2.05) is 49.7 Å². The number of fused-ring (bicyclic) bond motifs is 1. The normalized spacial score (nSPS) is 11.0. The maximum Gasteiger partial charge on any atom is 0.261 e. The second-order valence-electron chi connectivity index (χ2n) is 4.92. The number of para-hydroxylation sites is 2. The molecule has 0 bridgehead atoms. The van der Waals surface area contributed by atoms with Crippen LogP contribution < -0.4 is 5.32 Å². The van der Waals surface area contributed by atoms with Crippen LogP contribution in [-0.2, 0) is 13.6 Å². The molecular formula is C15H17N5O. The van der Waals surface area contributed by atoms with Crippen LogP contribution in [0.2, 0.25) is 0 Å². The van der Waals surface area contributed by atoms with Gasteiger partial charge in [0, 0.05) is 19.8 Å². The molecular weight excluding hydrogens is 266 g/mol. The highest BCUT2D eigenvalue weighted by atomic mass is 16.1. The molecule has 21 heavy (non-hydrogen) atoms. The zero-order chi connectivity index (χ0) is 15.0. The average molecular weight is 283 g/mol. The highest BCUT2D eigenvalue weighted by molar-refractivity contribution is 6.04. The molecule has 0 aliphatic rings. The van der Waals surface area contributed by atoms with Crippen molar-refractivity contribution in [2.75, 3.05) is 5.32 Å². The lowest BCUT2D eigenvalue weighted by Gasteiger charge is -2.04. The number of amides is 1. The average Bonchev–Trinajstić information content (AvgIpc) is 3.01. The molecule has 3 rings (SSSR count). The molecule has 6 heteroatoms. The number of aryl methyl sites for hydroxylation is 3. The summed E-state index contributed by atoms with van der Waals surface area (Å²) < 4.78 is 3.62. The fourth-order valence-corrected chi connectivity index (χ4v) is 2.33. The van der Waals surface area contributed by atoms with Gasteiger partial charge < -0.3 is 4.57 Å². The van der Waals surface area contributed by atoms with Crippen LogP contribution in [0, 0.1) is 6.92 Å². The Labute approximate surface area is 122 Å². The van der Waals surface area contributed by atoms with Gasteiger partial charge in [-0.1, -0.05) is 12.1 Å². The summed E-state index contributed by atoms with van der Waals surface area (Å²) >= 11 is 0. The Morgan fingerprint density at radius 1 is 1.33 bits per heavy atom. The van der Waals surface area contributed by atoms with Crippen LogP contribution in [0.25, 0.3) is 11.0 Å². The number of benzene rings is 1. The first-order valence-corrected chi connectivity index (χ1v) is 6.87. The number of hydrogen-bond donors (Lipinski definition) is 1. The first-order chi connectivity index (χ1) is 10.1. The summed E-state index contributed by atoms with van der Waals surface area (Å²) in [6.07, 6.45) is 1.76. The number of anilines is 1. The van der Waals surface area contributed by atoms with Crippen molar-refractivity contribution in [1.29, 1.82) is 0 Å². The fraction of sp³-hybridized carbons (Fsp3) is 0.267. The molecule has 0 atom stereocenters. The van der Waals surface area contributed by atoms with Gasteiger partial charge in [0.2, 0.25) is 5.95 Å². The standard InChI is InChI=1S/C15H17N5O/c1-4-20-9-11(10(2)18-20)14(21)17-15-16-12-7-5-6-8-13(12)19(15)3/h5-9H,4H2,1-3H3,(H,16,17,21). The van der Waals surface area contributed by atoms with Gasteiger partial charge in [0.25, 0.3) is 5.91 Å². The van der Waals surface area contributed by atoms with Crippen LogP contribution in [0.4, 0.5) is 5.95 Å². The first-order valence-electron chi connectivity index (χ1n) is 6.87. The Kier molecular flexibility index (Phi) is 3.21. The van der Waals surface area contributed by atoms with E-state index in [1.165, 1.54) is 0 Å². The lowest BCUT2D eigenvalue weighted by molar-refractivity contribution is 0.102. The van der Waals surface area contributed by atoms with E-state index in [1.54, 1.807) is 10.9 Å². The molecule has 2 aromatic heterocycles. The molecule has 0 aliphatic heterocycles. The van der Waals surface area contributed by atoms with E-state index in [-0.39, 0.29) is 5.91 Å². The van der Waals surface area contributed by atoms with Crippen molar-refractivity contribution in [1.82, 2.24) is 19.3 Å². The van der Waals surface area contributed by atoms with Crippen molar-refractivity contribution in [3.05, 3.63) is 41.7 Å². The second kappa shape index (κ2) is 5.05. The number of nitrogens with zero attached hydrogens (tertiary/aromatic N) is 4. The molecule has 3 aromatic rings. The van der Waals surface area contributed by atoms with Crippen molar-refractivity contribution in [3.63, 3.8) is 0 Å². The fourth-order valence-electron chi connectivity index (χ4n) is 2.33. The molecule has 0 radical (unpaired) electrons. The summed E-state index contributed by atoms with van der Waals surface area (Å²) in [4.78, 5) is 16.8. The van der Waals surface area contributed by atoms with Crippen molar-refractivity contribution in [3.8, 4) is 0 Å². The summed E-state index contributed by atoms with van der Waals surface area (Å²) in [5.74, 6) is 0.343. The maximum absolute atomic E-state index is 12.4. The van der Waals surface area contributed by atoms with E-state index < -0.39 is 0 Å². The summed E-state index contributed by atoms with van der Waals surface area (Å²) in [5.41, 5.74) is 3.13. The molecule has 0 unspecified atom stereocenters. The highest BCUT2D eigenvalue weighted by Crippen LogP contribution is 2.18. The Balaban J connectivity index is 1.92. The van der Waals surface area contributed by atoms with Gasteiger partial charge in [-0.2, -0.15) is 5.10 Å². The topological polar surface area (TPSA) is 64.7 Å². The van der Waals surface area contributed by atoms with Crippen molar-refractivity contribution >= 4 is 22.9 Å². The van der Waals surface area contributed by atoms with Gasteiger partial charge in [0.05, 0.1) is 22.3 Å². The molecule has 108 valence electrons. The lowest BCUT2D eigenvalue weighted by atomic mass is 10.2. The molecule has 0 fully saturated rings. The van der Waals surface area contributed by atoms with Crippen LogP contribution in [-0.4, -0.2) is 25.2 Å². The molecule has 2 heterocycles. The van der Waals surface area contributed by atoms with Gasteiger partial charge in [-0.05, 0) is 26.0 Å². The van der Waals surface area contributed by atoms with Crippen LogP contribution in [0.15, 0.2) is 30.5 Å². The van der Waals surface area contributed by atoms with E-state index >= 15 is 0 Å². The van der Waals surface area contributed by atoms with E-state index in [0.29, 0.717) is 17.2 Å². The minimum absolute atomic E-state index is 0.189. The van der Waals surface area contributed by atoms with Crippen molar-refractivity contribution in [2.45, 2.75) is 20.4 Å². The Bertz CT molecular complexity index is 815. The van der Waals surface area contributed by atoms with E-state index in [4.69, 9.17) is 0 Å². The molecule has 0 aliphatic carbocycles. The molecule has 6 nitrogen and oxygen atoms in total. The Morgan fingerprint density at radius 2 is 2.10 bits per heavy atom. The van der Waals surface area contributed by atoms with Gasteiger partial charge in [0.15, 0.2) is 0 Å². The third kappa shape index (κ3) is 2.29. The molecule has 0 saturated heterocycles. The predicted octanol–water partition coefficient (Wildman–Crippen LogP) is 2.35. The second-order valence-corrected chi connectivity index (χ2v) is 4.92. The molecule has 1 amide bonds. The van der Waals surface area contributed by atoms with E-state index in [9.17, 15) is 4.79 Å². The van der Waals surface area contributed by atoms with E-state index in [0.717, 1.165) is 17.6 Å². The highest BCUT2D eigenvalue weighted by Gasteiger charge is 2.16. The molecule has 0 spiro atoms. The predicted molar refractivity (Wildman–Crippen MR) is 81.3 cm³/mol. The monoisotopic (exact) mass is 283 g/mol. The zero-order valence-electron chi connectivity index (χ0n) is 12.3. The SMILES string of the molecule is CCn1cc(C(=O)Nc2nc3ccccc3n2C)c(C)n1. The lowest BCUT2D eigenvalue weighted by Crippen LogP contribution is -2.15. The minimum atomic E-state index is -0.189. The van der Waals surface area contributed by atoms with Gasteiger partial charge in [-0.25, -0.2) is 4.98 Å². The zero-order valence-corrected chi connectivity index (χ0v) is 12.3. The molecule has 0 saturated carbocycles. The van der Waals surface area contributed by atoms with E-state index in [2.05, 4.69) is 15.4 Å². The summed E-state index contributed by atoms with van der Waals surface area (Å²) in [6.45, 7) is 4.55. The van der Waals surface area contributed by atoms with Crippen LogP contribution in [0.1, 0.15) is 23.0 Å². The van der Waals surface area contributed by atoms with Crippen LogP contribution >= 0.6 is 0 Å². The maximum atomic E-state index is 12.4. The third-order valence-corrected chi connectivity index (χ3v) is 3.53. The third-order valence-electron chi connectivity index (χ3n) is 3.53. The Morgan fingerprint density at radius 3 is 2.76 bits per heavy atom. The van der Waals surface area contributed by atoms with Gasteiger partial charge in [0.1, 0.15) is 0 Å². The number of hydrogen-bond acceptors (Lipinski definition) is 3. The quantitative estimate of drug-likeness (QED) is 0.802. The largest absolute Gasteiger partial charge is 0.313 e. The summed E-state index contributed by atoms with van der Waals surface area (Å²) in [6, 6.07) is 7.77. The van der Waals surface area contributed by atoms with Gasteiger partial charge in [-0.15, -0.1) is 0 Å². The number of carbonyl (C=O) groups excluding carboxylic acids is 1.